The number of anilines is 1. The number of nitrogens with zero attached hydrogens (tertiary/aromatic N) is 2. The van der Waals surface area contributed by atoms with E-state index in [0.717, 1.165) is 17.7 Å². The van der Waals surface area contributed by atoms with E-state index in [0.29, 0.717) is 5.92 Å². The van der Waals surface area contributed by atoms with Crippen LogP contribution in [0, 0.1) is 6.92 Å². The number of hydrogen-bond donors (Lipinski definition) is 2. The third-order valence-corrected chi connectivity index (χ3v) is 6.37. The van der Waals surface area contributed by atoms with Crippen molar-refractivity contribution in [3.8, 4) is 0 Å². The fourth-order valence-corrected chi connectivity index (χ4v) is 4.46. The summed E-state index contributed by atoms with van der Waals surface area (Å²) < 4.78 is 1.17. The molecule has 3 N–H and O–H groups in total. The highest BCUT2D eigenvalue weighted by atomic mass is 32.1. The summed E-state index contributed by atoms with van der Waals surface area (Å²) in [6.07, 6.45) is 1.81. The van der Waals surface area contributed by atoms with Crippen molar-refractivity contribution in [1.82, 2.24) is 10.2 Å². The Labute approximate surface area is 138 Å². The second-order valence-electron chi connectivity index (χ2n) is 5.61. The number of fused-ring (bicyclic) bond motifs is 1. The van der Waals surface area contributed by atoms with E-state index in [4.69, 9.17) is 5.73 Å². The van der Waals surface area contributed by atoms with E-state index in [1.807, 2.05) is 6.20 Å². The maximum atomic E-state index is 6.08. The summed E-state index contributed by atoms with van der Waals surface area (Å²) in [5.41, 5.74) is 9.32. The fourth-order valence-electron chi connectivity index (χ4n) is 2.42. The Kier molecular flexibility index (Phi) is 4.42. The van der Waals surface area contributed by atoms with Crippen LogP contribution in [0.4, 0.5) is 5.69 Å². The molecule has 0 spiro atoms. The van der Waals surface area contributed by atoms with E-state index >= 15 is 0 Å². The molecule has 4 nitrogen and oxygen atoms in total. The maximum Gasteiger partial charge on any atom is 0.109 e. The summed E-state index contributed by atoms with van der Waals surface area (Å²) in [6, 6.07) is 4.33. The molecule has 3 rings (SSSR count). The number of nitrogens with two attached hydrogens (primary N) is 1. The molecule has 0 bridgehead atoms. The van der Waals surface area contributed by atoms with E-state index in [-0.39, 0.29) is 6.04 Å². The first-order valence-corrected chi connectivity index (χ1v) is 9.04. The minimum Gasteiger partial charge on any atom is -0.378 e. The van der Waals surface area contributed by atoms with Gasteiger partial charge in [-0.3, -0.25) is 0 Å². The molecule has 0 aliphatic heterocycles. The topological polar surface area (TPSA) is 63.8 Å². The van der Waals surface area contributed by atoms with Crippen molar-refractivity contribution in [2.24, 2.45) is 5.73 Å². The monoisotopic (exact) mass is 332 g/mol. The Morgan fingerprint density at radius 2 is 2.18 bits per heavy atom. The highest BCUT2D eigenvalue weighted by Crippen LogP contribution is 2.38. The number of nitrogens with one attached hydrogen (secondary N) is 1. The zero-order valence-corrected chi connectivity index (χ0v) is 14.6. The minimum absolute atomic E-state index is 0.127. The van der Waals surface area contributed by atoms with Crippen molar-refractivity contribution in [2.45, 2.75) is 39.3 Å². The van der Waals surface area contributed by atoms with Crippen molar-refractivity contribution >= 4 is 38.6 Å². The van der Waals surface area contributed by atoms with Crippen LogP contribution in [0.2, 0.25) is 0 Å². The Morgan fingerprint density at radius 1 is 1.36 bits per heavy atom. The summed E-state index contributed by atoms with van der Waals surface area (Å²) in [5.74, 6) is 0.323. The molecule has 0 saturated carbocycles. The molecule has 6 heteroatoms. The summed E-state index contributed by atoms with van der Waals surface area (Å²) in [7, 11) is 0. The molecule has 116 valence electrons. The van der Waals surface area contributed by atoms with Gasteiger partial charge in [0.1, 0.15) is 5.52 Å². The van der Waals surface area contributed by atoms with Gasteiger partial charge in [-0.2, -0.15) is 5.10 Å². The van der Waals surface area contributed by atoms with E-state index in [9.17, 15) is 0 Å². The number of rotatable bonds is 5. The van der Waals surface area contributed by atoms with Gasteiger partial charge < -0.3 is 11.1 Å². The van der Waals surface area contributed by atoms with Crippen LogP contribution in [0.5, 0.6) is 0 Å². The lowest BCUT2D eigenvalue weighted by Gasteiger charge is -2.14. The molecule has 0 saturated heterocycles. The third kappa shape index (κ3) is 2.86. The molecule has 2 atom stereocenters. The molecule has 3 aromatic heterocycles. The lowest BCUT2D eigenvalue weighted by molar-refractivity contribution is 0.620. The fraction of sp³-hybridized carbons (Fsp3) is 0.375. The van der Waals surface area contributed by atoms with Gasteiger partial charge in [-0.25, -0.2) is 0 Å². The Hall–Kier alpha value is -1.50. The molecule has 22 heavy (non-hydrogen) atoms. The number of thiophene rings is 2. The normalized spacial score (nSPS) is 14.2. The zero-order valence-electron chi connectivity index (χ0n) is 13.0. The third-order valence-electron chi connectivity index (χ3n) is 3.98. The van der Waals surface area contributed by atoms with Gasteiger partial charge in [-0.05, 0) is 30.9 Å². The first kappa shape index (κ1) is 15.4. The zero-order chi connectivity index (χ0) is 15.7. The van der Waals surface area contributed by atoms with Crippen LogP contribution in [-0.4, -0.2) is 16.2 Å². The van der Waals surface area contributed by atoms with Gasteiger partial charge in [-0.15, -0.1) is 27.8 Å². The van der Waals surface area contributed by atoms with Crippen molar-refractivity contribution < 1.29 is 0 Å². The Bertz CT molecular complexity index is 762. The van der Waals surface area contributed by atoms with Crippen molar-refractivity contribution in [1.29, 1.82) is 0 Å². The van der Waals surface area contributed by atoms with Gasteiger partial charge in [0, 0.05) is 28.3 Å². The van der Waals surface area contributed by atoms with Crippen LogP contribution >= 0.6 is 22.7 Å². The number of aromatic nitrogens is 2. The van der Waals surface area contributed by atoms with Gasteiger partial charge in [0.05, 0.1) is 16.6 Å². The molecule has 3 heterocycles. The second-order valence-corrected chi connectivity index (χ2v) is 7.69. The predicted octanol–water partition coefficient (Wildman–Crippen LogP) is 4.12. The highest BCUT2D eigenvalue weighted by Gasteiger charge is 2.20. The molecule has 0 unspecified atom stereocenters. The van der Waals surface area contributed by atoms with E-state index < -0.39 is 0 Å². The average molecular weight is 332 g/mol. The van der Waals surface area contributed by atoms with Crippen LogP contribution < -0.4 is 11.1 Å². The van der Waals surface area contributed by atoms with Gasteiger partial charge in [0.2, 0.25) is 0 Å². The SMILES string of the molecule is Cc1c([C@@H](C)[C@@H](C)N)sc2c(NCc3cccs3)cnnc12. The minimum atomic E-state index is 0.127. The number of aryl methyl sites for hydroxylation is 1. The molecule has 0 radical (unpaired) electrons. The van der Waals surface area contributed by atoms with E-state index in [1.54, 1.807) is 22.7 Å². The molecule has 0 aliphatic rings. The van der Waals surface area contributed by atoms with Crippen LogP contribution in [0.1, 0.15) is 35.1 Å². The standard InChI is InChI=1S/C16H20N4S2/c1-9(11(3)17)15-10(2)14-16(22-15)13(8-19-20-14)18-7-12-5-4-6-21-12/h4-6,8-9,11H,7,17H2,1-3H3,(H,18,20)/t9-,11+/m0/s1. The quantitative estimate of drug-likeness (QED) is 0.737. The van der Waals surface area contributed by atoms with Gasteiger partial charge in [0.25, 0.3) is 0 Å². The molecule has 0 amide bonds. The molecule has 0 fully saturated rings. The van der Waals surface area contributed by atoms with Gasteiger partial charge in [-0.1, -0.05) is 13.0 Å². The van der Waals surface area contributed by atoms with Crippen LogP contribution in [0.25, 0.3) is 10.2 Å². The summed E-state index contributed by atoms with van der Waals surface area (Å²) in [4.78, 5) is 2.62. The van der Waals surface area contributed by atoms with Crippen LogP contribution in [0.3, 0.4) is 0 Å². The van der Waals surface area contributed by atoms with Crippen molar-refractivity contribution in [3.63, 3.8) is 0 Å². The largest absolute Gasteiger partial charge is 0.378 e. The first-order valence-electron chi connectivity index (χ1n) is 7.34. The molecule has 0 aromatic carbocycles. The highest BCUT2D eigenvalue weighted by molar-refractivity contribution is 7.20. The van der Waals surface area contributed by atoms with Crippen LogP contribution in [0.15, 0.2) is 23.7 Å². The first-order chi connectivity index (χ1) is 10.6. The van der Waals surface area contributed by atoms with E-state index in [2.05, 4.69) is 53.8 Å². The molecular formula is C16H20N4S2. The maximum absolute atomic E-state index is 6.08. The Morgan fingerprint density at radius 3 is 2.86 bits per heavy atom. The lowest BCUT2D eigenvalue weighted by Crippen LogP contribution is -2.22. The summed E-state index contributed by atoms with van der Waals surface area (Å²) in [5, 5.41) is 14.1. The Balaban J connectivity index is 1.96. The predicted molar refractivity (Wildman–Crippen MR) is 95.9 cm³/mol. The second kappa shape index (κ2) is 6.32. The van der Waals surface area contributed by atoms with Crippen molar-refractivity contribution in [3.05, 3.63) is 39.0 Å². The van der Waals surface area contributed by atoms with Gasteiger partial charge in [0.15, 0.2) is 0 Å². The number of hydrogen-bond acceptors (Lipinski definition) is 6. The molecule has 0 aliphatic carbocycles. The molecular weight excluding hydrogens is 312 g/mol. The average Bonchev–Trinajstić information content (AvgIpc) is 3.13. The summed E-state index contributed by atoms with van der Waals surface area (Å²) >= 11 is 3.54. The van der Waals surface area contributed by atoms with Crippen molar-refractivity contribution in [2.75, 3.05) is 5.32 Å². The van der Waals surface area contributed by atoms with Crippen LogP contribution in [-0.2, 0) is 6.54 Å². The lowest BCUT2D eigenvalue weighted by atomic mass is 10.00. The smallest absolute Gasteiger partial charge is 0.109 e. The van der Waals surface area contributed by atoms with Gasteiger partial charge >= 0.3 is 0 Å². The molecule has 3 aromatic rings. The summed E-state index contributed by atoms with van der Waals surface area (Å²) in [6.45, 7) is 7.16. The van der Waals surface area contributed by atoms with E-state index in [1.165, 1.54) is 20.0 Å².